The van der Waals surface area contributed by atoms with Crippen molar-refractivity contribution in [2.45, 2.75) is 6.04 Å². The number of hydrogen-bond donors (Lipinski definition) is 1. The number of aliphatic imine (C=N–C) groups is 1. The second kappa shape index (κ2) is 2.32. The molecule has 0 aromatic rings. The third-order valence-corrected chi connectivity index (χ3v) is 2.78. The fourth-order valence-corrected chi connectivity index (χ4v) is 2.00. The van der Waals surface area contributed by atoms with E-state index < -0.39 is 0 Å². The molecule has 0 bridgehead atoms. The van der Waals surface area contributed by atoms with E-state index in [2.05, 4.69) is 10.3 Å². The van der Waals surface area contributed by atoms with Crippen molar-refractivity contribution in [1.82, 2.24) is 5.32 Å². The van der Waals surface area contributed by atoms with Crippen molar-refractivity contribution in [2.24, 2.45) is 4.99 Å². The lowest BCUT2D eigenvalue weighted by molar-refractivity contribution is 0.965. The number of halogens is 1. The van der Waals surface area contributed by atoms with Gasteiger partial charge in [-0.2, -0.15) is 0 Å². The predicted molar refractivity (Wildman–Crippen MR) is 45.0 cm³/mol. The van der Waals surface area contributed by atoms with Crippen molar-refractivity contribution in [3.05, 3.63) is 21.5 Å². The second-order valence-corrected chi connectivity index (χ2v) is 3.32. The van der Waals surface area contributed by atoms with Gasteiger partial charge in [-0.05, 0) is 11.5 Å². The molecule has 10 heavy (non-hydrogen) atoms. The first-order chi connectivity index (χ1) is 4.88. The lowest BCUT2D eigenvalue weighted by Gasteiger charge is -2.12. The number of thioether (sulfide) groups is 1. The Kier molecular flexibility index (Phi) is 1.47. The maximum Gasteiger partial charge on any atom is 0.119 e. The second-order valence-electron chi connectivity index (χ2n) is 1.99. The molecule has 2 rings (SSSR count). The molecule has 2 aliphatic rings. The largest absolute Gasteiger partial charge is 0.337 e. The molecule has 4 heteroatoms. The molecule has 0 saturated heterocycles. The molecule has 0 spiro atoms. The Morgan fingerprint density at radius 2 is 2.60 bits per heavy atom. The van der Waals surface area contributed by atoms with Crippen molar-refractivity contribution < 1.29 is 0 Å². The summed E-state index contributed by atoms with van der Waals surface area (Å²) in [4.78, 5) is 5.26. The standard InChI is InChI=1S/C6H5ClN2S/c7-6-5-4(1-2-10-5)8-3-9-6/h1-4H,(H,8,9). The topological polar surface area (TPSA) is 24.4 Å². The van der Waals surface area contributed by atoms with Crippen LogP contribution in [0.15, 0.2) is 26.5 Å². The van der Waals surface area contributed by atoms with Crippen LogP contribution in [0, 0.1) is 0 Å². The van der Waals surface area contributed by atoms with E-state index in [-0.39, 0.29) is 6.04 Å². The zero-order valence-corrected chi connectivity index (χ0v) is 6.62. The minimum atomic E-state index is 0.179. The van der Waals surface area contributed by atoms with Crippen molar-refractivity contribution in [3.8, 4) is 0 Å². The van der Waals surface area contributed by atoms with Crippen molar-refractivity contribution in [3.63, 3.8) is 0 Å². The molecule has 0 amide bonds. The van der Waals surface area contributed by atoms with E-state index >= 15 is 0 Å². The molecule has 0 aromatic carbocycles. The lowest BCUT2D eigenvalue weighted by Crippen LogP contribution is -2.18. The summed E-state index contributed by atoms with van der Waals surface area (Å²) < 4.78 is 0. The first-order valence-corrected chi connectivity index (χ1v) is 4.15. The quantitative estimate of drug-likeness (QED) is 0.562. The summed E-state index contributed by atoms with van der Waals surface area (Å²) in [6.07, 6.45) is 3.66. The fraction of sp³-hybridized carbons (Fsp3) is 0.167. The summed E-state index contributed by atoms with van der Waals surface area (Å²) in [7, 11) is 0. The third-order valence-electron chi connectivity index (χ3n) is 1.37. The van der Waals surface area contributed by atoms with Crippen molar-refractivity contribution >= 4 is 29.7 Å². The third kappa shape index (κ3) is 0.859. The van der Waals surface area contributed by atoms with Gasteiger partial charge in [-0.1, -0.05) is 23.4 Å². The van der Waals surface area contributed by atoms with E-state index in [9.17, 15) is 0 Å². The maximum atomic E-state index is 5.83. The maximum absolute atomic E-state index is 5.83. The average Bonchev–Trinajstić information content (AvgIpc) is 2.36. The Bertz CT molecular complexity index is 244. The highest BCUT2D eigenvalue weighted by molar-refractivity contribution is 8.06. The van der Waals surface area contributed by atoms with Gasteiger partial charge in [0.05, 0.1) is 11.2 Å². The van der Waals surface area contributed by atoms with Crippen molar-refractivity contribution in [2.75, 3.05) is 0 Å². The smallest absolute Gasteiger partial charge is 0.119 e. The van der Waals surface area contributed by atoms with Gasteiger partial charge in [0.25, 0.3) is 0 Å². The molecule has 2 aliphatic heterocycles. The van der Waals surface area contributed by atoms with Gasteiger partial charge in [-0.25, -0.2) is 0 Å². The molecule has 0 aromatic heterocycles. The molecular formula is C6H5ClN2S. The molecule has 1 N–H and O–H groups in total. The van der Waals surface area contributed by atoms with Gasteiger partial charge in [0.15, 0.2) is 0 Å². The van der Waals surface area contributed by atoms with Gasteiger partial charge >= 0.3 is 0 Å². The molecule has 1 unspecified atom stereocenters. The van der Waals surface area contributed by atoms with Crippen LogP contribution in [0.5, 0.6) is 0 Å². The van der Waals surface area contributed by atoms with Crippen LogP contribution in [0.1, 0.15) is 0 Å². The Morgan fingerprint density at radius 3 is 3.40 bits per heavy atom. The monoisotopic (exact) mass is 172 g/mol. The number of nitrogens with one attached hydrogen (secondary N) is 1. The van der Waals surface area contributed by atoms with Crippen LogP contribution < -0.4 is 5.32 Å². The van der Waals surface area contributed by atoms with Crippen LogP contribution >= 0.6 is 23.4 Å². The summed E-state index contributed by atoms with van der Waals surface area (Å²) in [5.41, 5.74) is 0. The van der Waals surface area contributed by atoms with Crippen LogP contribution in [-0.2, 0) is 0 Å². The Balaban J connectivity index is 2.36. The van der Waals surface area contributed by atoms with E-state index in [1.54, 1.807) is 18.1 Å². The Morgan fingerprint density at radius 1 is 1.70 bits per heavy atom. The summed E-state index contributed by atoms with van der Waals surface area (Å²) in [5, 5.41) is 5.56. The summed E-state index contributed by atoms with van der Waals surface area (Å²) in [5.74, 6) is 0. The minimum Gasteiger partial charge on any atom is -0.337 e. The first kappa shape index (κ1) is 6.31. The highest BCUT2D eigenvalue weighted by Gasteiger charge is 2.20. The minimum absolute atomic E-state index is 0.179. The van der Waals surface area contributed by atoms with Gasteiger partial charge in [-0.3, -0.25) is 4.99 Å². The molecule has 52 valence electrons. The summed E-state index contributed by atoms with van der Waals surface area (Å²) >= 11 is 7.46. The number of fused-ring (bicyclic) bond motifs is 1. The SMILES string of the molecule is ClC1=C2SC=CC2N=CN1. The average molecular weight is 173 g/mol. The lowest BCUT2D eigenvalue weighted by atomic mass is 10.3. The van der Waals surface area contributed by atoms with Gasteiger partial charge in [0, 0.05) is 0 Å². The van der Waals surface area contributed by atoms with E-state index in [0.717, 1.165) is 4.91 Å². The molecule has 2 heterocycles. The highest BCUT2D eigenvalue weighted by atomic mass is 35.5. The summed E-state index contributed by atoms with van der Waals surface area (Å²) in [6.45, 7) is 0. The molecule has 2 nitrogen and oxygen atoms in total. The molecule has 0 aliphatic carbocycles. The molecular weight excluding hydrogens is 168 g/mol. The van der Waals surface area contributed by atoms with E-state index in [1.165, 1.54) is 0 Å². The van der Waals surface area contributed by atoms with Gasteiger partial charge in [-0.15, -0.1) is 0 Å². The molecule has 1 atom stereocenters. The van der Waals surface area contributed by atoms with Gasteiger partial charge < -0.3 is 5.32 Å². The van der Waals surface area contributed by atoms with E-state index in [4.69, 9.17) is 11.6 Å². The highest BCUT2D eigenvalue weighted by Crippen LogP contribution is 2.34. The number of hydrogen-bond acceptors (Lipinski definition) is 3. The van der Waals surface area contributed by atoms with Crippen LogP contribution in [0.25, 0.3) is 0 Å². The number of rotatable bonds is 0. The van der Waals surface area contributed by atoms with Crippen LogP contribution in [0.3, 0.4) is 0 Å². The first-order valence-electron chi connectivity index (χ1n) is 2.89. The van der Waals surface area contributed by atoms with Crippen LogP contribution in [0.2, 0.25) is 0 Å². The molecule has 0 fully saturated rings. The van der Waals surface area contributed by atoms with E-state index in [0.29, 0.717) is 5.16 Å². The Hall–Kier alpha value is -0.410. The zero-order valence-electron chi connectivity index (χ0n) is 5.04. The fourth-order valence-electron chi connectivity index (χ4n) is 0.888. The zero-order chi connectivity index (χ0) is 6.97. The van der Waals surface area contributed by atoms with Gasteiger partial charge in [0.2, 0.25) is 0 Å². The molecule has 0 radical (unpaired) electrons. The van der Waals surface area contributed by atoms with Crippen LogP contribution in [0.4, 0.5) is 0 Å². The van der Waals surface area contributed by atoms with Gasteiger partial charge in [0.1, 0.15) is 11.2 Å². The normalized spacial score (nSPS) is 28.7. The van der Waals surface area contributed by atoms with Crippen LogP contribution in [-0.4, -0.2) is 12.4 Å². The summed E-state index contributed by atoms with van der Waals surface area (Å²) in [6, 6.07) is 0.179. The number of nitrogens with zero attached hydrogens (tertiary/aromatic N) is 1. The van der Waals surface area contributed by atoms with Crippen molar-refractivity contribution in [1.29, 1.82) is 0 Å². The van der Waals surface area contributed by atoms with E-state index in [1.807, 2.05) is 11.5 Å². The Labute approximate surface area is 68.0 Å². The molecule has 0 saturated carbocycles. The predicted octanol–water partition coefficient (Wildman–Crippen LogP) is 1.65.